The Kier molecular flexibility index (Phi) is 3.30. The molecule has 0 fully saturated rings. The van der Waals surface area contributed by atoms with Gasteiger partial charge in [0.05, 0.1) is 0 Å². The van der Waals surface area contributed by atoms with E-state index in [4.69, 9.17) is 0 Å². The lowest BCUT2D eigenvalue weighted by Crippen LogP contribution is -2.32. The first-order valence-corrected chi connectivity index (χ1v) is 7.66. The highest BCUT2D eigenvalue weighted by molar-refractivity contribution is 7.89. The van der Waals surface area contributed by atoms with Crippen LogP contribution in [0.2, 0.25) is 0 Å². The first-order valence-electron chi connectivity index (χ1n) is 6.22. The Balaban J connectivity index is 1.83. The van der Waals surface area contributed by atoms with Crippen molar-refractivity contribution in [2.75, 3.05) is 26.2 Å². The van der Waals surface area contributed by atoms with Gasteiger partial charge >= 0.3 is 6.18 Å². The number of aromatic nitrogens is 1. The fourth-order valence-electron chi connectivity index (χ4n) is 2.45. The fraction of sp³-hybridized carbons (Fsp3) is 0.417. The molecule has 0 saturated heterocycles. The van der Waals surface area contributed by atoms with Gasteiger partial charge in [-0.3, -0.25) is 4.98 Å². The van der Waals surface area contributed by atoms with E-state index in [9.17, 15) is 21.6 Å². The monoisotopic (exact) mass is 319 g/mol. The minimum atomic E-state index is -4.58. The van der Waals surface area contributed by atoms with Gasteiger partial charge < -0.3 is 5.32 Å². The third-order valence-corrected chi connectivity index (χ3v) is 5.35. The van der Waals surface area contributed by atoms with Gasteiger partial charge in [0.15, 0.2) is 0 Å². The summed E-state index contributed by atoms with van der Waals surface area (Å²) in [6.07, 6.45) is -3.82. The molecule has 0 aromatic carbocycles. The summed E-state index contributed by atoms with van der Waals surface area (Å²) in [4.78, 5) is 2.99. The van der Waals surface area contributed by atoms with Gasteiger partial charge in [-0.05, 0) is 23.3 Å². The SMILES string of the molecule is O=S(=O)(c1ccc(C(F)(F)F)nc1)N1CC2=C(CNC2)C1. The van der Waals surface area contributed by atoms with Crippen molar-refractivity contribution in [2.24, 2.45) is 0 Å². The van der Waals surface area contributed by atoms with Crippen LogP contribution in [0.3, 0.4) is 0 Å². The second-order valence-electron chi connectivity index (χ2n) is 4.96. The van der Waals surface area contributed by atoms with Crippen molar-refractivity contribution < 1.29 is 21.6 Å². The average molecular weight is 319 g/mol. The van der Waals surface area contributed by atoms with Crippen molar-refractivity contribution in [1.82, 2.24) is 14.6 Å². The first kappa shape index (κ1) is 14.5. The van der Waals surface area contributed by atoms with Crippen molar-refractivity contribution in [2.45, 2.75) is 11.1 Å². The maximum Gasteiger partial charge on any atom is 0.433 e. The fourth-order valence-corrected chi connectivity index (χ4v) is 3.83. The van der Waals surface area contributed by atoms with Crippen molar-refractivity contribution in [3.05, 3.63) is 35.2 Å². The van der Waals surface area contributed by atoms with E-state index in [1.807, 2.05) is 0 Å². The standard InChI is InChI=1S/C12H12F3N3O2S/c13-12(14,15)11-2-1-10(5-17-11)21(19,20)18-6-8-3-16-4-9(8)7-18/h1-2,5,16H,3-4,6-7H2. The number of hydrogen-bond acceptors (Lipinski definition) is 4. The minimum Gasteiger partial charge on any atom is -0.309 e. The zero-order valence-corrected chi connectivity index (χ0v) is 11.6. The number of nitrogens with zero attached hydrogens (tertiary/aromatic N) is 2. The van der Waals surface area contributed by atoms with Crippen LogP contribution in [0.25, 0.3) is 0 Å². The molecule has 1 N–H and O–H groups in total. The number of pyridine rings is 1. The lowest BCUT2D eigenvalue weighted by molar-refractivity contribution is -0.141. The van der Waals surface area contributed by atoms with Crippen molar-refractivity contribution in [1.29, 1.82) is 0 Å². The molecule has 1 aromatic rings. The molecule has 3 heterocycles. The Bertz CT molecular complexity index is 679. The normalized spacial score (nSPS) is 20.1. The van der Waals surface area contributed by atoms with Gasteiger partial charge in [0.1, 0.15) is 10.6 Å². The van der Waals surface area contributed by atoms with Crippen molar-refractivity contribution >= 4 is 10.0 Å². The molecular weight excluding hydrogens is 307 g/mol. The van der Waals surface area contributed by atoms with Gasteiger partial charge in [0, 0.05) is 32.4 Å². The maximum atomic E-state index is 12.4. The number of hydrogen-bond donors (Lipinski definition) is 1. The van der Waals surface area contributed by atoms with E-state index in [2.05, 4.69) is 10.3 Å². The molecule has 0 radical (unpaired) electrons. The third-order valence-electron chi connectivity index (χ3n) is 3.58. The van der Waals surface area contributed by atoms with Gasteiger partial charge in [-0.25, -0.2) is 8.42 Å². The first-order chi connectivity index (χ1) is 9.78. The van der Waals surface area contributed by atoms with E-state index < -0.39 is 21.9 Å². The third kappa shape index (κ3) is 2.56. The van der Waals surface area contributed by atoms with Crippen molar-refractivity contribution in [3.63, 3.8) is 0 Å². The van der Waals surface area contributed by atoms with Crippen LogP contribution >= 0.6 is 0 Å². The highest BCUT2D eigenvalue weighted by atomic mass is 32.2. The smallest absolute Gasteiger partial charge is 0.309 e. The number of sulfonamides is 1. The van der Waals surface area contributed by atoms with E-state index in [1.165, 1.54) is 4.31 Å². The van der Waals surface area contributed by atoms with Crippen LogP contribution in [-0.2, 0) is 16.2 Å². The number of nitrogens with one attached hydrogen (secondary N) is 1. The Morgan fingerprint density at radius 3 is 2.24 bits per heavy atom. The highest BCUT2D eigenvalue weighted by Crippen LogP contribution is 2.30. The summed E-state index contributed by atoms with van der Waals surface area (Å²) in [5.74, 6) is 0. The Morgan fingerprint density at radius 1 is 1.14 bits per heavy atom. The second kappa shape index (κ2) is 4.79. The van der Waals surface area contributed by atoms with E-state index in [1.54, 1.807) is 0 Å². The molecule has 1 aromatic heterocycles. The zero-order valence-electron chi connectivity index (χ0n) is 10.8. The zero-order chi connectivity index (χ0) is 15.3. The van der Waals surface area contributed by atoms with E-state index in [0.29, 0.717) is 19.2 Å². The van der Waals surface area contributed by atoms with E-state index in [-0.39, 0.29) is 18.0 Å². The quantitative estimate of drug-likeness (QED) is 0.826. The van der Waals surface area contributed by atoms with Crippen LogP contribution in [0.5, 0.6) is 0 Å². The molecule has 0 spiro atoms. The predicted molar refractivity (Wildman–Crippen MR) is 67.9 cm³/mol. The Labute approximate surface area is 119 Å². The van der Waals surface area contributed by atoms with Gasteiger partial charge in [0.25, 0.3) is 0 Å². The summed E-state index contributed by atoms with van der Waals surface area (Å²) in [5.41, 5.74) is 0.976. The predicted octanol–water partition coefficient (Wildman–Crippen LogP) is 1.00. The topological polar surface area (TPSA) is 62.3 Å². The van der Waals surface area contributed by atoms with Gasteiger partial charge in [-0.2, -0.15) is 17.5 Å². The minimum absolute atomic E-state index is 0.218. The van der Waals surface area contributed by atoms with Crippen LogP contribution in [0.1, 0.15) is 5.69 Å². The van der Waals surface area contributed by atoms with Gasteiger partial charge in [-0.1, -0.05) is 0 Å². The molecule has 9 heteroatoms. The Hall–Kier alpha value is -1.45. The molecule has 114 valence electrons. The molecule has 0 unspecified atom stereocenters. The molecule has 2 aliphatic heterocycles. The lowest BCUT2D eigenvalue weighted by Gasteiger charge is -2.18. The molecule has 2 aliphatic rings. The summed E-state index contributed by atoms with van der Waals surface area (Å²) < 4.78 is 63.3. The Morgan fingerprint density at radius 2 is 1.76 bits per heavy atom. The molecule has 0 bridgehead atoms. The molecule has 0 atom stereocenters. The summed E-state index contributed by atoms with van der Waals surface area (Å²) in [7, 11) is -3.81. The largest absolute Gasteiger partial charge is 0.433 e. The number of alkyl halides is 3. The molecular formula is C12H12F3N3O2S. The molecule has 3 rings (SSSR count). The average Bonchev–Trinajstić information content (AvgIpc) is 2.98. The highest BCUT2D eigenvalue weighted by Gasteiger charge is 2.36. The van der Waals surface area contributed by atoms with Crippen LogP contribution in [-0.4, -0.2) is 43.9 Å². The van der Waals surface area contributed by atoms with Crippen molar-refractivity contribution in [3.8, 4) is 0 Å². The summed E-state index contributed by atoms with van der Waals surface area (Å²) in [6, 6.07) is 1.64. The summed E-state index contributed by atoms with van der Waals surface area (Å²) in [6.45, 7) is 1.89. The number of halogens is 3. The lowest BCUT2D eigenvalue weighted by atomic mass is 10.2. The molecule has 0 aliphatic carbocycles. The van der Waals surface area contributed by atoms with Gasteiger partial charge in [0.2, 0.25) is 10.0 Å². The summed E-state index contributed by atoms with van der Waals surface area (Å²) in [5, 5.41) is 3.13. The molecule has 0 amide bonds. The maximum absolute atomic E-state index is 12.4. The second-order valence-corrected chi connectivity index (χ2v) is 6.90. The summed E-state index contributed by atoms with van der Waals surface area (Å²) >= 11 is 0. The molecule has 0 saturated carbocycles. The molecule has 21 heavy (non-hydrogen) atoms. The van der Waals surface area contributed by atoms with Crippen LogP contribution in [0.15, 0.2) is 34.4 Å². The van der Waals surface area contributed by atoms with Crippen LogP contribution in [0.4, 0.5) is 13.2 Å². The van der Waals surface area contributed by atoms with Crippen LogP contribution < -0.4 is 5.32 Å². The van der Waals surface area contributed by atoms with E-state index >= 15 is 0 Å². The number of rotatable bonds is 2. The van der Waals surface area contributed by atoms with E-state index in [0.717, 1.165) is 23.4 Å². The van der Waals surface area contributed by atoms with Gasteiger partial charge in [-0.15, -0.1) is 0 Å². The molecule has 5 nitrogen and oxygen atoms in total. The van der Waals surface area contributed by atoms with Crippen LogP contribution in [0, 0.1) is 0 Å².